The van der Waals surface area contributed by atoms with Crippen molar-refractivity contribution in [2.24, 2.45) is 5.92 Å². The van der Waals surface area contributed by atoms with Crippen molar-refractivity contribution in [2.75, 3.05) is 26.2 Å². The highest BCUT2D eigenvalue weighted by molar-refractivity contribution is 5.92. The lowest BCUT2D eigenvalue weighted by Gasteiger charge is -2.32. The Bertz CT molecular complexity index is 607. The number of nitrogens with one attached hydrogen (secondary N) is 2. The number of nitrogens with zero attached hydrogens (tertiary/aromatic N) is 2. The average Bonchev–Trinajstić information content (AvgIpc) is 3.22. The molecule has 3 heterocycles. The van der Waals surface area contributed by atoms with Gasteiger partial charge in [0.05, 0.1) is 11.7 Å². The van der Waals surface area contributed by atoms with E-state index < -0.39 is 0 Å². The SMILES string of the molecule is Cc1nc(C)c(C(=O)N2CCCC(CNC(=O)C3CCCN3)C2)o1. The van der Waals surface area contributed by atoms with Crippen molar-refractivity contribution >= 4 is 11.8 Å². The molecular weight excluding hydrogens is 308 g/mol. The van der Waals surface area contributed by atoms with E-state index in [1.807, 2.05) is 4.90 Å². The molecule has 0 bridgehead atoms. The number of rotatable bonds is 4. The molecule has 3 rings (SSSR count). The molecule has 1 aromatic heterocycles. The van der Waals surface area contributed by atoms with Crippen LogP contribution >= 0.6 is 0 Å². The molecule has 2 fully saturated rings. The summed E-state index contributed by atoms with van der Waals surface area (Å²) in [4.78, 5) is 30.7. The average molecular weight is 334 g/mol. The van der Waals surface area contributed by atoms with Gasteiger partial charge in [0, 0.05) is 26.6 Å². The lowest BCUT2D eigenvalue weighted by Crippen LogP contribution is -2.46. The zero-order valence-corrected chi connectivity index (χ0v) is 14.4. The van der Waals surface area contributed by atoms with Crippen molar-refractivity contribution in [3.8, 4) is 0 Å². The normalized spacial score (nSPS) is 24.2. The molecular formula is C17H26N4O3. The van der Waals surface area contributed by atoms with Gasteiger partial charge in [0.2, 0.25) is 11.7 Å². The Labute approximate surface area is 142 Å². The quantitative estimate of drug-likeness (QED) is 0.858. The Hall–Kier alpha value is -1.89. The van der Waals surface area contributed by atoms with Gasteiger partial charge in [-0.15, -0.1) is 0 Å². The topological polar surface area (TPSA) is 87.5 Å². The van der Waals surface area contributed by atoms with Gasteiger partial charge < -0.3 is 20.0 Å². The monoisotopic (exact) mass is 334 g/mol. The van der Waals surface area contributed by atoms with E-state index in [9.17, 15) is 9.59 Å². The third-order valence-electron chi connectivity index (χ3n) is 4.85. The summed E-state index contributed by atoms with van der Waals surface area (Å²) in [6, 6.07) is -0.0499. The van der Waals surface area contributed by atoms with Gasteiger partial charge in [0.25, 0.3) is 5.91 Å². The van der Waals surface area contributed by atoms with Gasteiger partial charge in [-0.25, -0.2) is 4.98 Å². The van der Waals surface area contributed by atoms with Crippen molar-refractivity contribution < 1.29 is 14.0 Å². The first kappa shape index (κ1) is 17.0. The summed E-state index contributed by atoms with van der Waals surface area (Å²) in [7, 11) is 0. The van der Waals surface area contributed by atoms with Crippen LogP contribution in [0.2, 0.25) is 0 Å². The van der Waals surface area contributed by atoms with E-state index in [1.165, 1.54) is 0 Å². The molecule has 2 aliphatic rings. The largest absolute Gasteiger partial charge is 0.436 e. The number of hydrogen-bond donors (Lipinski definition) is 2. The van der Waals surface area contributed by atoms with Crippen molar-refractivity contribution in [3.63, 3.8) is 0 Å². The van der Waals surface area contributed by atoms with Crippen molar-refractivity contribution in [1.82, 2.24) is 20.5 Å². The Morgan fingerprint density at radius 1 is 1.33 bits per heavy atom. The molecule has 1 aromatic rings. The van der Waals surface area contributed by atoms with Crippen molar-refractivity contribution in [2.45, 2.75) is 45.6 Å². The third-order valence-corrected chi connectivity index (χ3v) is 4.85. The minimum atomic E-state index is -0.0958. The predicted molar refractivity (Wildman–Crippen MR) is 88.6 cm³/mol. The third kappa shape index (κ3) is 3.77. The van der Waals surface area contributed by atoms with Gasteiger partial charge in [-0.05, 0) is 45.1 Å². The van der Waals surface area contributed by atoms with Crippen LogP contribution in [0, 0.1) is 19.8 Å². The van der Waals surface area contributed by atoms with Gasteiger partial charge in [-0.1, -0.05) is 0 Å². The van der Waals surface area contributed by atoms with Gasteiger partial charge >= 0.3 is 0 Å². The van der Waals surface area contributed by atoms with Crippen LogP contribution in [0.3, 0.4) is 0 Å². The van der Waals surface area contributed by atoms with E-state index in [0.717, 1.165) is 38.8 Å². The molecule has 7 nitrogen and oxygen atoms in total. The van der Waals surface area contributed by atoms with Crippen LogP contribution in [0.4, 0.5) is 0 Å². The number of aryl methyl sites for hydroxylation is 2. The molecule has 24 heavy (non-hydrogen) atoms. The number of carbonyl (C=O) groups is 2. The molecule has 2 aliphatic heterocycles. The molecule has 2 amide bonds. The lowest BCUT2D eigenvalue weighted by molar-refractivity contribution is -0.123. The summed E-state index contributed by atoms with van der Waals surface area (Å²) in [6.45, 7) is 6.45. The first-order chi connectivity index (χ1) is 11.5. The maximum absolute atomic E-state index is 12.6. The second-order valence-corrected chi connectivity index (χ2v) is 6.80. The maximum Gasteiger partial charge on any atom is 0.291 e. The van der Waals surface area contributed by atoms with Gasteiger partial charge in [-0.2, -0.15) is 0 Å². The molecule has 0 saturated carbocycles. The zero-order chi connectivity index (χ0) is 17.1. The van der Waals surface area contributed by atoms with Crippen molar-refractivity contribution in [1.29, 1.82) is 0 Å². The fraction of sp³-hybridized carbons (Fsp3) is 0.706. The molecule has 0 aromatic carbocycles. The van der Waals surface area contributed by atoms with Crippen LogP contribution in [-0.4, -0.2) is 53.9 Å². The highest BCUT2D eigenvalue weighted by Gasteiger charge is 2.29. The van der Waals surface area contributed by atoms with Crippen LogP contribution < -0.4 is 10.6 Å². The van der Waals surface area contributed by atoms with E-state index in [0.29, 0.717) is 30.4 Å². The number of oxazole rings is 1. The summed E-state index contributed by atoms with van der Waals surface area (Å²) >= 11 is 0. The smallest absolute Gasteiger partial charge is 0.291 e. The van der Waals surface area contributed by atoms with Crippen LogP contribution in [0.1, 0.15) is 47.8 Å². The van der Waals surface area contributed by atoms with E-state index in [-0.39, 0.29) is 23.8 Å². The fourth-order valence-corrected chi connectivity index (χ4v) is 3.57. The van der Waals surface area contributed by atoms with E-state index in [2.05, 4.69) is 15.6 Å². The van der Waals surface area contributed by atoms with Crippen LogP contribution in [-0.2, 0) is 4.79 Å². The summed E-state index contributed by atoms with van der Waals surface area (Å²) < 4.78 is 5.45. The molecule has 7 heteroatoms. The summed E-state index contributed by atoms with van der Waals surface area (Å²) in [6.07, 6.45) is 3.93. The number of amides is 2. The Morgan fingerprint density at radius 2 is 2.17 bits per heavy atom. The molecule has 0 radical (unpaired) electrons. The standard InChI is InChI=1S/C17H26N4O3/c1-11-15(24-12(2)20-11)17(23)21-8-4-5-13(10-21)9-19-16(22)14-6-3-7-18-14/h13-14,18H,3-10H2,1-2H3,(H,19,22). The second kappa shape index (κ2) is 7.34. The number of hydrogen-bond acceptors (Lipinski definition) is 5. The highest BCUT2D eigenvalue weighted by atomic mass is 16.4. The number of likely N-dealkylation sites (tertiary alicyclic amines) is 1. The fourth-order valence-electron chi connectivity index (χ4n) is 3.57. The molecule has 2 saturated heterocycles. The Kier molecular flexibility index (Phi) is 5.18. The van der Waals surface area contributed by atoms with Crippen LogP contribution in [0.15, 0.2) is 4.42 Å². The van der Waals surface area contributed by atoms with Crippen molar-refractivity contribution in [3.05, 3.63) is 17.3 Å². The van der Waals surface area contributed by atoms with Gasteiger partial charge in [-0.3, -0.25) is 9.59 Å². The molecule has 2 unspecified atom stereocenters. The number of aromatic nitrogens is 1. The molecule has 132 valence electrons. The predicted octanol–water partition coefficient (Wildman–Crippen LogP) is 1.01. The van der Waals surface area contributed by atoms with Gasteiger partial charge in [0.1, 0.15) is 0 Å². The lowest BCUT2D eigenvalue weighted by atomic mass is 9.97. The van der Waals surface area contributed by atoms with Crippen LogP contribution in [0.25, 0.3) is 0 Å². The molecule has 0 aliphatic carbocycles. The van der Waals surface area contributed by atoms with E-state index in [1.54, 1.807) is 13.8 Å². The summed E-state index contributed by atoms with van der Waals surface area (Å²) in [5.74, 6) is 1.13. The van der Waals surface area contributed by atoms with E-state index in [4.69, 9.17) is 4.42 Å². The Balaban J connectivity index is 1.53. The van der Waals surface area contributed by atoms with Gasteiger partial charge in [0.15, 0.2) is 5.89 Å². The number of piperidine rings is 1. The molecule has 2 N–H and O–H groups in total. The summed E-state index contributed by atoms with van der Waals surface area (Å²) in [5, 5.41) is 6.24. The summed E-state index contributed by atoms with van der Waals surface area (Å²) in [5.41, 5.74) is 0.639. The minimum absolute atomic E-state index is 0.0499. The minimum Gasteiger partial charge on any atom is -0.436 e. The highest BCUT2D eigenvalue weighted by Crippen LogP contribution is 2.20. The number of carbonyl (C=O) groups excluding carboxylic acids is 2. The maximum atomic E-state index is 12.6. The van der Waals surface area contributed by atoms with E-state index >= 15 is 0 Å². The Morgan fingerprint density at radius 3 is 2.83 bits per heavy atom. The first-order valence-electron chi connectivity index (χ1n) is 8.79. The first-order valence-corrected chi connectivity index (χ1v) is 8.79. The zero-order valence-electron chi connectivity index (χ0n) is 14.4. The molecule has 0 spiro atoms. The van der Waals surface area contributed by atoms with Crippen LogP contribution in [0.5, 0.6) is 0 Å². The molecule has 2 atom stereocenters. The second-order valence-electron chi connectivity index (χ2n) is 6.80.